The lowest BCUT2D eigenvalue weighted by molar-refractivity contribution is -0.138. The van der Waals surface area contributed by atoms with Crippen molar-refractivity contribution in [2.75, 3.05) is 6.61 Å². The molecular formula is C27H23F3O4. The first-order valence-corrected chi connectivity index (χ1v) is 11.2. The Kier molecular flexibility index (Phi) is 5.71. The van der Waals surface area contributed by atoms with E-state index in [2.05, 4.69) is 0 Å². The summed E-state index contributed by atoms with van der Waals surface area (Å²) in [5.74, 6) is 0.0696. The highest BCUT2D eigenvalue weighted by atomic mass is 19.4. The molecule has 1 aliphatic carbocycles. The summed E-state index contributed by atoms with van der Waals surface area (Å²) in [6.07, 6.45) is -3.49. The quantitative estimate of drug-likeness (QED) is 0.460. The maximum absolute atomic E-state index is 13.8. The van der Waals surface area contributed by atoms with E-state index in [-0.39, 0.29) is 24.9 Å². The van der Waals surface area contributed by atoms with Gasteiger partial charge in [0.25, 0.3) is 0 Å². The first-order valence-electron chi connectivity index (χ1n) is 11.2. The van der Waals surface area contributed by atoms with Gasteiger partial charge in [-0.05, 0) is 53.6 Å². The summed E-state index contributed by atoms with van der Waals surface area (Å²) in [5, 5.41) is 9.07. The van der Waals surface area contributed by atoms with Gasteiger partial charge >= 0.3 is 12.1 Å². The number of hydrogen-bond acceptors (Lipinski definition) is 3. The second kappa shape index (κ2) is 8.70. The molecule has 1 N–H and O–H groups in total. The summed E-state index contributed by atoms with van der Waals surface area (Å²) in [6.45, 7) is 0.306. The number of fused-ring (bicyclic) bond motifs is 2. The Hall–Kier alpha value is -3.48. The second-order valence-corrected chi connectivity index (χ2v) is 8.77. The van der Waals surface area contributed by atoms with Gasteiger partial charge < -0.3 is 14.6 Å². The van der Waals surface area contributed by atoms with Gasteiger partial charge in [0.15, 0.2) is 0 Å². The van der Waals surface area contributed by atoms with E-state index in [9.17, 15) is 18.0 Å². The molecule has 1 aliphatic heterocycles. The Morgan fingerprint density at radius 1 is 1.06 bits per heavy atom. The Bertz CT molecular complexity index is 1220. The van der Waals surface area contributed by atoms with E-state index in [4.69, 9.17) is 14.6 Å². The molecule has 0 radical (unpaired) electrons. The lowest BCUT2D eigenvalue weighted by Gasteiger charge is -2.19. The van der Waals surface area contributed by atoms with Crippen LogP contribution in [0.25, 0.3) is 0 Å². The van der Waals surface area contributed by atoms with E-state index in [1.165, 1.54) is 12.1 Å². The minimum Gasteiger partial charge on any atom is -0.492 e. The molecule has 0 fully saturated rings. The van der Waals surface area contributed by atoms with Crippen molar-refractivity contribution in [3.8, 4) is 11.5 Å². The summed E-state index contributed by atoms with van der Waals surface area (Å²) < 4.78 is 53.3. The van der Waals surface area contributed by atoms with Crippen LogP contribution < -0.4 is 9.47 Å². The molecule has 2 unspecified atom stereocenters. The number of aliphatic carboxylic acids is 1. The Labute approximate surface area is 194 Å². The monoisotopic (exact) mass is 468 g/mol. The molecule has 4 nitrogen and oxygen atoms in total. The molecule has 7 heteroatoms. The van der Waals surface area contributed by atoms with Gasteiger partial charge in [-0.15, -0.1) is 0 Å². The molecule has 0 saturated heterocycles. The topological polar surface area (TPSA) is 55.8 Å². The number of alkyl halides is 3. The predicted octanol–water partition coefficient (Wildman–Crippen LogP) is 6.31. The van der Waals surface area contributed by atoms with Crippen LogP contribution in [0.4, 0.5) is 13.2 Å². The number of halogens is 3. The summed E-state index contributed by atoms with van der Waals surface area (Å²) in [5.41, 5.74) is 2.88. The van der Waals surface area contributed by atoms with Crippen LogP contribution in [-0.2, 0) is 23.8 Å². The van der Waals surface area contributed by atoms with Gasteiger partial charge in [0, 0.05) is 17.5 Å². The van der Waals surface area contributed by atoms with Crippen LogP contribution in [-0.4, -0.2) is 17.7 Å². The van der Waals surface area contributed by atoms with Crippen LogP contribution in [0, 0.1) is 0 Å². The van der Waals surface area contributed by atoms with Gasteiger partial charge in [-0.25, -0.2) is 0 Å². The predicted molar refractivity (Wildman–Crippen MR) is 119 cm³/mol. The highest BCUT2D eigenvalue weighted by Crippen LogP contribution is 2.44. The van der Waals surface area contributed by atoms with E-state index < -0.39 is 17.7 Å². The van der Waals surface area contributed by atoms with Crippen molar-refractivity contribution in [2.45, 2.75) is 43.9 Å². The fourth-order valence-electron chi connectivity index (χ4n) is 5.00. The van der Waals surface area contributed by atoms with E-state index >= 15 is 0 Å². The summed E-state index contributed by atoms with van der Waals surface area (Å²) in [6, 6.07) is 17.2. The number of carboxylic acid groups (broad SMARTS) is 1. The van der Waals surface area contributed by atoms with Gasteiger partial charge in [0.1, 0.15) is 17.6 Å². The third kappa shape index (κ3) is 4.34. The maximum Gasteiger partial charge on any atom is 0.416 e. The molecule has 2 aliphatic rings. The van der Waals surface area contributed by atoms with Crippen molar-refractivity contribution in [1.29, 1.82) is 0 Å². The Balaban J connectivity index is 1.42. The fourth-order valence-corrected chi connectivity index (χ4v) is 5.00. The zero-order valence-electron chi connectivity index (χ0n) is 18.3. The zero-order chi connectivity index (χ0) is 23.9. The van der Waals surface area contributed by atoms with Crippen molar-refractivity contribution >= 4 is 5.97 Å². The van der Waals surface area contributed by atoms with E-state index in [0.29, 0.717) is 42.1 Å². The normalized spacial score (nSPS) is 18.8. The van der Waals surface area contributed by atoms with Crippen molar-refractivity contribution in [3.05, 3.63) is 94.0 Å². The highest BCUT2D eigenvalue weighted by molar-refractivity contribution is 5.68. The summed E-state index contributed by atoms with van der Waals surface area (Å²) in [4.78, 5) is 11.1. The molecule has 0 bridgehead atoms. The van der Waals surface area contributed by atoms with Crippen molar-refractivity contribution in [3.63, 3.8) is 0 Å². The molecule has 2 atom stereocenters. The smallest absolute Gasteiger partial charge is 0.416 e. The molecule has 5 rings (SSSR count). The van der Waals surface area contributed by atoms with Crippen molar-refractivity contribution in [1.82, 2.24) is 0 Å². The Morgan fingerprint density at radius 3 is 2.56 bits per heavy atom. The molecule has 1 heterocycles. The number of hydrogen-bond donors (Lipinski definition) is 1. The first kappa shape index (κ1) is 22.3. The summed E-state index contributed by atoms with van der Waals surface area (Å²) in [7, 11) is 0. The third-order valence-corrected chi connectivity index (χ3v) is 6.56. The van der Waals surface area contributed by atoms with Crippen LogP contribution in [0.15, 0.2) is 60.7 Å². The van der Waals surface area contributed by atoms with Gasteiger partial charge in [-0.1, -0.05) is 42.5 Å². The molecule has 34 heavy (non-hydrogen) atoms. The van der Waals surface area contributed by atoms with Crippen LogP contribution in [0.3, 0.4) is 0 Å². The van der Waals surface area contributed by atoms with Crippen LogP contribution in [0.5, 0.6) is 11.5 Å². The van der Waals surface area contributed by atoms with E-state index in [1.807, 2.05) is 36.4 Å². The minimum absolute atomic E-state index is 0.00503. The molecule has 176 valence electrons. The third-order valence-electron chi connectivity index (χ3n) is 6.56. The van der Waals surface area contributed by atoms with Gasteiger partial charge in [-0.2, -0.15) is 13.2 Å². The Morgan fingerprint density at radius 2 is 1.82 bits per heavy atom. The fraction of sp³-hybridized carbons (Fsp3) is 0.296. The number of ether oxygens (including phenoxy) is 2. The van der Waals surface area contributed by atoms with Crippen LogP contribution in [0.2, 0.25) is 0 Å². The minimum atomic E-state index is -4.43. The standard InChI is InChI=1S/C27H23F3O4/c28-27(29,30)23-10-8-21-20(22(23)12-16-4-2-1-3-5-16)9-11-24(21)34-18-6-7-19-17(13-26(31)32)15-33-25(19)14-18/h1-8,10,14,17,24H,9,11-13,15H2,(H,31,32). The lowest BCUT2D eigenvalue weighted by atomic mass is 9.92. The molecular weight excluding hydrogens is 445 g/mol. The molecule has 3 aromatic carbocycles. The number of carbonyl (C=O) groups is 1. The van der Waals surface area contributed by atoms with Gasteiger partial charge in [0.2, 0.25) is 0 Å². The highest BCUT2D eigenvalue weighted by Gasteiger charge is 2.37. The average molecular weight is 468 g/mol. The van der Waals surface area contributed by atoms with Gasteiger partial charge in [-0.3, -0.25) is 4.79 Å². The number of benzene rings is 3. The van der Waals surface area contributed by atoms with Crippen LogP contribution in [0.1, 0.15) is 58.2 Å². The molecule has 0 amide bonds. The van der Waals surface area contributed by atoms with E-state index in [0.717, 1.165) is 16.7 Å². The van der Waals surface area contributed by atoms with Crippen molar-refractivity contribution in [2.24, 2.45) is 0 Å². The SMILES string of the molecule is O=C(O)CC1COc2cc(OC3CCc4c3ccc(C(F)(F)F)c4Cc3ccccc3)ccc21. The van der Waals surface area contributed by atoms with Gasteiger partial charge in [0.05, 0.1) is 18.6 Å². The maximum atomic E-state index is 13.8. The first-order chi connectivity index (χ1) is 16.3. The largest absolute Gasteiger partial charge is 0.492 e. The lowest BCUT2D eigenvalue weighted by Crippen LogP contribution is -2.13. The molecule has 0 saturated carbocycles. The summed E-state index contributed by atoms with van der Waals surface area (Å²) >= 11 is 0. The molecule has 0 aromatic heterocycles. The average Bonchev–Trinajstić information content (AvgIpc) is 3.38. The second-order valence-electron chi connectivity index (χ2n) is 8.77. The molecule has 0 spiro atoms. The number of rotatable bonds is 6. The van der Waals surface area contributed by atoms with Crippen molar-refractivity contribution < 1.29 is 32.5 Å². The molecule has 3 aromatic rings. The number of carboxylic acids is 1. The zero-order valence-corrected chi connectivity index (χ0v) is 18.3. The van der Waals surface area contributed by atoms with E-state index in [1.54, 1.807) is 12.1 Å². The van der Waals surface area contributed by atoms with Crippen LogP contribution >= 0.6 is 0 Å².